The number of aliphatic imine (C=N–C) groups is 1. The van der Waals surface area contributed by atoms with Crippen LogP contribution in [0, 0.1) is 0 Å². The number of carbonyl (C=O) groups excluding carboxylic acids is 1. The molecule has 1 amide bonds. The second-order valence-corrected chi connectivity index (χ2v) is 5.03. The number of nitrogens with zero attached hydrogens (tertiary/aromatic N) is 2. The molecule has 0 radical (unpaired) electrons. The van der Waals surface area contributed by atoms with E-state index in [9.17, 15) is 4.79 Å². The molecule has 0 saturated carbocycles. The van der Waals surface area contributed by atoms with Gasteiger partial charge in [0, 0.05) is 17.0 Å². The van der Waals surface area contributed by atoms with Crippen molar-refractivity contribution in [1.82, 2.24) is 4.90 Å². The first-order valence-electron chi connectivity index (χ1n) is 4.52. The fraction of sp³-hybridized carbons (Fsp3) is 0.200. The fourth-order valence-electron chi connectivity index (χ4n) is 1.22. The summed E-state index contributed by atoms with van der Waals surface area (Å²) >= 11 is 13.2. The summed E-state index contributed by atoms with van der Waals surface area (Å²) in [6, 6.07) is 5.05. The highest BCUT2D eigenvalue weighted by molar-refractivity contribution is 8.15. The van der Waals surface area contributed by atoms with Crippen molar-refractivity contribution in [3.8, 4) is 0 Å². The highest BCUT2D eigenvalue weighted by Gasteiger charge is 2.26. The Morgan fingerprint density at radius 1 is 1.38 bits per heavy atom. The van der Waals surface area contributed by atoms with Gasteiger partial charge in [0.05, 0.1) is 11.6 Å². The summed E-state index contributed by atoms with van der Waals surface area (Å²) in [5.74, 6) is 0.647. The number of halogens is 2. The van der Waals surface area contributed by atoms with E-state index in [0.717, 1.165) is 0 Å². The molecule has 6 heteroatoms. The molecule has 0 unspecified atom stereocenters. The average molecular weight is 275 g/mol. The van der Waals surface area contributed by atoms with Gasteiger partial charge in [0.2, 0.25) is 5.91 Å². The molecule has 84 valence electrons. The predicted molar refractivity (Wildman–Crippen MR) is 68.5 cm³/mol. The van der Waals surface area contributed by atoms with Gasteiger partial charge in [-0.15, -0.1) is 0 Å². The first kappa shape index (κ1) is 11.8. The molecule has 3 nitrogen and oxygen atoms in total. The highest BCUT2D eigenvalue weighted by atomic mass is 35.5. The third kappa shape index (κ3) is 2.51. The third-order valence-corrected chi connectivity index (χ3v) is 3.40. The molecule has 1 fully saturated rings. The Labute approximate surface area is 107 Å². The first-order valence-corrected chi connectivity index (χ1v) is 6.26. The van der Waals surface area contributed by atoms with Crippen molar-refractivity contribution in [3.63, 3.8) is 0 Å². The SMILES string of the molecule is CC(=O)N1CS/C1=N\c1cc(Cl)cc(Cl)c1. The van der Waals surface area contributed by atoms with Crippen molar-refractivity contribution < 1.29 is 4.79 Å². The van der Waals surface area contributed by atoms with Crippen LogP contribution in [0.5, 0.6) is 0 Å². The van der Waals surface area contributed by atoms with E-state index in [1.807, 2.05) is 0 Å². The number of benzene rings is 1. The van der Waals surface area contributed by atoms with E-state index in [2.05, 4.69) is 4.99 Å². The van der Waals surface area contributed by atoms with Gasteiger partial charge in [-0.05, 0) is 18.2 Å². The zero-order chi connectivity index (χ0) is 11.7. The van der Waals surface area contributed by atoms with Crippen LogP contribution in [0.25, 0.3) is 0 Å². The summed E-state index contributed by atoms with van der Waals surface area (Å²) < 4.78 is 0. The van der Waals surface area contributed by atoms with Crippen LogP contribution < -0.4 is 0 Å². The Hall–Kier alpha value is -0.710. The molecule has 1 saturated heterocycles. The van der Waals surface area contributed by atoms with E-state index in [1.54, 1.807) is 23.1 Å². The number of hydrogen-bond acceptors (Lipinski definition) is 3. The summed E-state index contributed by atoms with van der Waals surface area (Å²) in [7, 11) is 0. The van der Waals surface area contributed by atoms with E-state index >= 15 is 0 Å². The predicted octanol–water partition coefficient (Wildman–Crippen LogP) is 3.53. The highest BCUT2D eigenvalue weighted by Crippen LogP contribution is 2.29. The number of carbonyl (C=O) groups is 1. The molecule has 16 heavy (non-hydrogen) atoms. The summed E-state index contributed by atoms with van der Waals surface area (Å²) in [4.78, 5) is 17.0. The summed E-state index contributed by atoms with van der Waals surface area (Å²) in [6.07, 6.45) is 0. The molecule has 1 aliphatic rings. The molecule has 0 spiro atoms. The number of hydrogen-bond donors (Lipinski definition) is 0. The van der Waals surface area contributed by atoms with E-state index in [-0.39, 0.29) is 5.91 Å². The van der Waals surface area contributed by atoms with Crippen molar-refractivity contribution in [3.05, 3.63) is 28.2 Å². The van der Waals surface area contributed by atoms with Crippen molar-refractivity contribution in [2.75, 3.05) is 5.88 Å². The van der Waals surface area contributed by atoms with Crippen LogP contribution in [-0.4, -0.2) is 21.9 Å². The Morgan fingerprint density at radius 2 is 2.00 bits per heavy atom. The van der Waals surface area contributed by atoms with Gasteiger partial charge >= 0.3 is 0 Å². The van der Waals surface area contributed by atoms with E-state index < -0.39 is 0 Å². The summed E-state index contributed by atoms with van der Waals surface area (Å²) in [5, 5.41) is 1.75. The topological polar surface area (TPSA) is 32.7 Å². The van der Waals surface area contributed by atoms with Crippen LogP contribution in [0.1, 0.15) is 6.92 Å². The van der Waals surface area contributed by atoms with Crippen LogP contribution in [0.15, 0.2) is 23.2 Å². The largest absolute Gasteiger partial charge is 0.281 e. The fourth-order valence-corrected chi connectivity index (χ4v) is 2.59. The Kier molecular flexibility index (Phi) is 3.42. The Balaban J connectivity index is 2.26. The quantitative estimate of drug-likeness (QED) is 0.785. The molecule has 1 heterocycles. The van der Waals surface area contributed by atoms with Crippen molar-refractivity contribution in [1.29, 1.82) is 0 Å². The molecule has 1 aromatic rings. The molecule has 0 N–H and O–H groups in total. The van der Waals surface area contributed by atoms with Gasteiger partial charge in [0.15, 0.2) is 5.17 Å². The lowest BCUT2D eigenvalue weighted by Gasteiger charge is -2.30. The molecule has 1 aromatic carbocycles. The minimum absolute atomic E-state index is 0.00868. The molecule has 0 aromatic heterocycles. The van der Waals surface area contributed by atoms with Crippen LogP contribution >= 0.6 is 35.0 Å². The van der Waals surface area contributed by atoms with Crippen LogP contribution in [0.2, 0.25) is 10.0 Å². The second-order valence-electron chi connectivity index (χ2n) is 3.24. The number of rotatable bonds is 1. The Bertz CT molecular complexity index is 456. The van der Waals surface area contributed by atoms with Crippen molar-refractivity contribution >= 4 is 51.7 Å². The molecule has 1 aliphatic heterocycles. The first-order chi connectivity index (χ1) is 7.56. The van der Waals surface area contributed by atoms with Crippen LogP contribution in [-0.2, 0) is 4.79 Å². The maximum absolute atomic E-state index is 11.1. The van der Waals surface area contributed by atoms with Gasteiger partial charge in [0.1, 0.15) is 0 Å². The smallest absolute Gasteiger partial charge is 0.226 e. The normalized spacial score (nSPS) is 17.4. The van der Waals surface area contributed by atoms with E-state index in [0.29, 0.717) is 26.8 Å². The summed E-state index contributed by atoms with van der Waals surface area (Å²) in [5.41, 5.74) is 0.658. The molecule has 2 rings (SSSR count). The maximum Gasteiger partial charge on any atom is 0.226 e. The molecule has 0 aliphatic carbocycles. The molecule has 0 bridgehead atoms. The number of amidine groups is 1. The average Bonchev–Trinajstić information content (AvgIpc) is 2.09. The molecular formula is C10H8Cl2N2OS. The Morgan fingerprint density at radius 3 is 2.44 bits per heavy atom. The van der Waals surface area contributed by atoms with Crippen LogP contribution in [0.4, 0.5) is 5.69 Å². The van der Waals surface area contributed by atoms with Gasteiger partial charge in [-0.2, -0.15) is 0 Å². The van der Waals surface area contributed by atoms with Crippen molar-refractivity contribution in [2.45, 2.75) is 6.92 Å². The van der Waals surface area contributed by atoms with E-state index in [1.165, 1.54) is 18.7 Å². The zero-order valence-corrected chi connectivity index (χ0v) is 10.7. The molecular weight excluding hydrogens is 267 g/mol. The lowest BCUT2D eigenvalue weighted by Crippen LogP contribution is -2.41. The van der Waals surface area contributed by atoms with E-state index in [4.69, 9.17) is 23.2 Å². The van der Waals surface area contributed by atoms with Gasteiger partial charge < -0.3 is 0 Å². The van der Waals surface area contributed by atoms with Gasteiger partial charge in [0.25, 0.3) is 0 Å². The van der Waals surface area contributed by atoms with Gasteiger partial charge in [-0.25, -0.2) is 4.99 Å². The van der Waals surface area contributed by atoms with Crippen LogP contribution in [0.3, 0.4) is 0 Å². The zero-order valence-electron chi connectivity index (χ0n) is 8.41. The number of thioether (sulfide) groups is 1. The summed E-state index contributed by atoms with van der Waals surface area (Å²) in [6.45, 7) is 1.51. The van der Waals surface area contributed by atoms with Crippen molar-refractivity contribution in [2.24, 2.45) is 4.99 Å². The van der Waals surface area contributed by atoms with Gasteiger partial charge in [-0.1, -0.05) is 35.0 Å². The monoisotopic (exact) mass is 274 g/mol. The lowest BCUT2D eigenvalue weighted by molar-refractivity contribution is -0.124. The maximum atomic E-state index is 11.1. The third-order valence-electron chi connectivity index (χ3n) is 2.01. The standard InChI is InChI=1S/C10H8Cl2N2OS/c1-6(15)14-5-16-10(14)13-9-3-7(11)2-8(12)4-9/h2-4H,5H2,1H3/b13-10-. The second kappa shape index (κ2) is 4.65. The lowest BCUT2D eigenvalue weighted by atomic mass is 10.3. The number of amides is 1. The molecule has 0 atom stereocenters. The minimum atomic E-state index is -0.00868. The van der Waals surface area contributed by atoms with Gasteiger partial charge in [-0.3, -0.25) is 9.69 Å². The minimum Gasteiger partial charge on any atom is -0.281 e.